The normalized spacial score (nSPS) is 12.7. The van der Waals surface area contributed by atoms with Gasteiger partial charge in [0.05, 0.1) is 22.2 Å². The van der Waals surface area contributed by atoms with Gasteiger partial charge >= 0.3 is 0 Å². The quantitative estimate of drug-likeness (QED) is 0.235. The molecule has 5 nitrogen and oxygen atoms in total. The molecule has 190 valence electrons. The van der Waals surface area contributed by atoms with E-state index in [1.54, 1.807) is 0 Å². The van der Waals surface area contributed by atoms with E-state index in [1.165, 1.54) is 16.3 Å². The highest BCUT2D eigenvalue weighted by molar-refractivity contribution is 6.09. The zero-order valence-electron chi connectivity index (χ0n) is 21.6. The summed E-state index contributed by atoms with van der Waals surface area (Å²) in [7, 11) is 0. The first kappa shape index (κ1) is 22.6. The molecule has 0 unspecified atom stereocenters. The predicted octanol–water partition coefficient (Wildman–Crippen LogP) is 8.74. The van der Waals surface area contributed by atoms with Gasteiger partial charge in [-0.1, -0.05) is 48.6 Å². The zero-order chi connectivity index (χ0) is 26.5. The molecule has 0 saturated heterocycles. The van der Waals surface area contributed by atoms with Crippen molar-refractivity contribution in [3.05, 3.63) is 133 Å². The van der Waals surface area contributed by atoms with Crippen molar-refractivity contribution in [3.63, 3.8) is 0 Å². The maximum absolute atomic E-state index is 6.53. The summed E-state index contributed by atoms with van der Waals surface area (Å²) in [5.74, 6) is 3.30. The summed E-state index contributed by atoms with van der Waals surface area (Å²) >= 11 is 0. The molecule has 0 atom stereocenters. The number of aromatic nitrogens is 4. The topological polar surface area (TPSA) is 44.9 Å². The highest BCUT2D eigenvalue weighted by Gasteiger charge is 2.18. The lowest BCUT2D eigenvalue weighted by atomic mass is 10.1. The molecule has 3 aromatic carbocycles. The number of allylic oxidation sites excluding steroid dienone is 2. The fraction of sp³-hybridized carbons (Fsp3) is 0.0286. The predicted molar refractivity (Wildman–Crippen MR) is 162 cm³/mol. The molecule has 0 N–H and O–H groups in total. The largest absolute Gasteiger partial charge is 0.457 e. The van der Waals surface area contributed by atoms with Gasteiger partial charge in [0.2, 0.25) is 0 Å². The van der Waals surface area contributed by atoms with Crippen molar-refractivity contribution >= 4 is 44.9 Å². The molecule has 0 spiro atoms. The van der Waals surface area contributed by atoms with E-state index in [4.69, 9.17) is 4.74 Å². The van der Waals surface area contributed by atoms with Crippen molar-refractivity contribution in [1.82, 2.24) is 19.1 Å². The Morgan fingerprint density at radius 1 is 0.550 bits per heavy atom. The van der Waals surface area contributed by atoms with E-state index in [-0.39, 0.29) is 0 Å². The first-order valence-corrected chi connectivity index (χ1v) is 13.4. The highest BCUT2D eigenvalue weighted by Crippen LogP contribution is 2.38. The summed E-state index contributed by atoms with van der Waals surface area (Å²) in [5, 5.41) is 3.52. The second-order valence-electron chi connectivity index (χ2n) is 9.86. The molecule has 0 radical (unpaired) electrons. The third-order valence-electron chi connectivity index (χ3n) is 7.49. The number of para-hydroxylation sites is 1. The minimum absolute atomic E-state index is 0.768. The fourth-order valence-electron chi connectivity index (χ4n) is 5.78. The Morgan fingerprint density at radius 2 is 1.18 bits per heavy atom. The van der Waals surface area contributed by atoms with E-state index in [1.807, 2.05) is 60.9 Å². The summed E-state index contributed by atoms with van der Waals surface area (Å²) in [4.78, 5) is 9.32. The van der Waals surface area contributed by atoms with E-state index >= 15 is 0 Å². The number of benzene rings is 3. The lowest BCUT2D eigenvalue weighted by Crippen LogP contribution is -1.99. The molecule has 40 heavy (non-hydrogen) atoms. The van der Waals surface area contributed by atoms with Gasteiger partial charge in [-0.25, -0.2) is 9.97 Å². The molecule has 0 bridgehead atoms. The molecular formula is C35H24N4O. The standard InChI is InChI=1S/C35H24N4O/c1-2-10-26-28-18-16-24(22-32(28)38(30(26)12-3-1)34-14-6-8-20-36-34)40-25-17-19-29-27-11-4-5-13-31(27)39(33(29)23-25)35-15-7-9-21-37-35/h2-23H,1H2. The van der Waals surface area contributed by atoms with Crippen LogP contribution >= 0.6 is 0 Å². The number of ether oxygens (including phenoxy) is 1. The van der Waals surface area contributed by atoms with Gasteiger partial charge in [-0.05, 0) is 67.1 Å². The van der Waals surface area contributed by atoms with E-state index < -0.39 is 0 Å². The van der Waals surface area contributed by atoms with Crippen molar-refractivity contribution in [3.8, 4) is 23.1 Å². The molecule has 4 aromatic heterocycles. The third-order valence-corrected chi connectivity index (χ3v) is 7.49. The van der Waals surface area contributed by atoms with Crippen molar-refractivity contribution in [1.29, 1.82) is 0 Å². The molecule has 0 saturated carbocycles. The Hall–Kier alpha value is -5.42. The van der Waals surface area contributed by atoms with Crippen molar-refractivity contribution in [2.75, 3.05) is 0 Å². The highest BCUT2D eigenvalue weighted by atomic mass is 16.5. The van der Waals surface area contributed by atoms with Crippen LogP contribution in [0, 0.1) is 0 Å². The fourth-order valence-corrected chi connectivity index (χ4v) is 5.78. The summed E-state index contributed by atoms with van der Waals surface area (Å²) in [6.45, 7) is 0. The zero-order valence-corrected chi connectivity index (χ0v) is 21.6. The van der Waals surface area contributed by atoms with Crippen LogP contribution in [0.5, 0.6) is 11.5 Å². The smallest absolute Gasteiger partial charge is 0.137 e. The number of rotatable bonds is 4. The molecule has 8 rings (SSSR count). The van der Waals surface area contributed by atoms with Crippen LogP contribution in [-0.4, -0.2) is 19.1 Å². The summed E-state index contributed by atoms with van der Waals surface area (Å²) < 4.78 is 10.9. The Morgan fingerprint density at radius 3 is 1.93 bits per heavy atom. The van der Waals surface area contributed by atoms with Crippen molar-refractivity contribution < 1.29 is 4.74 Å². The van der Waals surface area contributed by atoms with Gasteiger partial charge in [-0.3, -0.25) is 9.13 Å². The maximum atomic E-state index is 6.53. The number of pyridine rings is 2. The van der Waals surface area contributed by atoms with Gasteiger partial charge in [0.1, 0.15) is 23.1 Å². The Kier molecular flexibility index (Phi) is 5.13. The van der Waals surface area contributed by atoms with E-state index in [2.05, 4.69) is 91.9 Å². The van der Waals surface area contributed by atoms with Crippen LogP contribution in [0.15, 0.2) is 122 Å². The molecule has 0 fully saturated rings. The second-order valence-corrected chi connectivity index (χ2v) is 9.86. The van der Waals surface area contributed by atoms with Crippen LogP contribution in [0.3, 0.4) is 0 Å². The molecular weight excluding hydrogens is 492 g/mol. The summed E-state index contributed by atoms with van der Waals surface area (Å²) in [5.41, 5.74) is 5.55. The lowest BCUT2D eigenvalue weighted by Gasteiger charge is -2.10. The molecule has 5 heteroatoms. The molecule has 0 aliphatic heterocycles. The Balaban J connectivity index is 1.28. The number of hydrogen-bond acceptors (Lipinski definition) is 3. The summed E-state index contributed by atoms with van der Waals surface area (Å²) in [6, 6.07) is 33.0. The van der Waals surface area contributed by atoms with Crippen LogP contribution in [0.2, 0.25) is 0 Å². The minimum Gasteiger partial charge on any atom is -0.457 e. The molecule has 1 aliphatic carbocycles. The van der Waals surface area contributed by atoms with Gasteiger partial charge in [0, 0.05) is 46.2 Å². The number of hydrogen-bond donors (Lipinski definition) is 0. The summed E-state index contributed by atoms with van der Waals surface area (Å²) in [6.07, 6.45) is 13.4. The minimum atomic E-state index is 0.768. The van der Waals surface area contributed by atoms with Crippen LogP contribution in [-0.2, 0) is 0 Å². The third kappa shape index (κ3) is 3.56. The number of nitrogens with zero attached hydrogens (tertiary/aromatic N) is 4. The van der Waals surface area contributed by atoms with Crippen molar-refractivity contribution in [2.24, 2.45) is 0 Å². The monoisotopic (exact) mass is 516 g/mol. The average Bonchev–Trinajstić information content (AvgIpc) is 3.37. The second kappa shape index (κ2) is 9.10. The lowest BCUT2D eigenvalue weighted by molar-refractivity contribution is 0.484. The van der Waals surface area contributed by atoms with Gasteiger partial charge < -0.3 is 4.74 Å². The molecule has 1 aliphatic rings. The Labute approximate surface area is 230 Å². The van der Waals surface area contributed by atoms with Gasteiger partial charge in [0.25, 0.3) is 0 Å². The van der Waals surface area contributed by atoms with Gasteiger partial charge in [0.15, 0.2) is 0 Å². The average molecular weight is 517 g/mol. The van der Waals surface area contributed by atoms with Crippen LogP contribution in [0.25, 0.3) is 56.5 Å². The van der Waals surface area contributed by atoms with Crippen molar-refractivity contribution in [2.45, 2.75) is 6.42 Å². The van der Waals surface area contributed by atoms with E-state index in [9.17, 15) is 0 Å². The van der Waals surface area contributed by atoms with Crippen LogP contribution in [0.4, 0.5) is 0 Å². The van der Waals surface area contributed by atoms with Crippen LogP contribution in [0.1, 0.15) is 17.7 Å². The molecule has 4 heterocycles. The van der Waals surface area contributed by atoms with Gasteiger partial charge in [-0.15, -0.1) is 0 Å². The first-order valence-electron chi connectivity index (χ1n) is 13.4. The van der Waals surface area contributed by atoms with Gasteiger partial charge in [-0.2, -0.15) is 0 Å². The first-order chi connectivity index (χ1) is 19.8. The SMILES string of the molecule is C1=Cc2c(n(-c3ccccn3)c3cc(Oc4ccc5c6ccccc6n(-c6ccccn6)c5c4)ccc23)C=CC1. The Bertz CT molecular complexity index is 2100. The number of fused-ring (bicyclic) bond motifs is 6. The maximum Gasteiger partial charge on any atom is 0.137 e. The van der Waals surface area contributed by atoms with E-state index in [0.29, 0.717) is 0 Å². The molecule has 7 aromatic rings. The van der Waals surface area contributed by atoms with E-state index in [0.717, 1.165) is 57.2 Å². The molecule has 0 amide bonds. The van der Waals surface area contributed by atoms with Crippen LogP contribution < -0.4 is 4.74 Å².